The molecule has 1 spiro atoms. The molecule has 1 nitrogen and oxygen atoms in total. The third kappa shape index (κ3) is 3.00. The van der Waals surface area contributed by atoms with Gasteiger partial charge in [-0.3, -0.25) is 4.79 Å². The number of allylic oxidation sites excluding steroid dienone is 6. The minimum absolute atomic E-state index is 0.00664. The minimum atomic E-state index is -0.112. The van der Waals surface area contributed by atoms with Gasteiger partial charge >= 0.3 is 0 Å². The predicted molar refractivity (Wildman–Crippen MR) is 94.6 cm³/mol. The van der Waals surface area contributed by atoms with Crippen LogP contribution in [0.25, 0.3) is 0 Å². The molecule has 0 aliphatic heterocycles. The van der Waals surface area contributed by atoms with Crippen molar-refractivity contribution < 1.29 is 4.79 Å². The van der Waals surface area contributed by atoms with E-state index in [1.54, 1.807) is 0 Å². The van der Waals surface area contributed by atoms with Crippen molar-refractivity contribution >= 4 is 5.78 Å². The number of hydrogen-bond acceptors (Lipinski definition) is 1. The minimum Gasteiger partial charge on any atom is -0.289 e. The molecule has 0 N–H and O–H groups in total. The molecule has 0 bridgehead atoms. The van der Waals surface area contributed by atoms with Crippen molar-refractivity contribution in [2.24, 2.45) is 28.1 Å². The van der Waals surface area contributed by atoms with Crippen molar-refractivity contribution in [2.75, 3.05) is 0 Å². The molecule has 1 heteroatoms. The van der Waals surface area contributed by atoms with Gasteiger partial charge in [-0.1, -0.05) is 79.7 Å². The Bertz CT molecular complexity index is 524. The highest BCUT2D eigenvalue weighted by Crippen LogP contribution is 2.50. The van der Waals surface area contributed by atoms with Gasteiger partial charge in [-0.15, -0.1) is 0 Å². The summed E-state index contributed by atoms with van der Waals surface area (Å²) >= 11 is 0. The molecule has 2 unspecified atom stereocenters. The Kier molecular flexibility index (Phi) is 4.09. The Morgan fingerprint density at radius 1 is 0.909 bits per heavy atom. The Hall–Kier alpha value is -1.11. The lowest BCUT2D eigenvalue weighted by atomic mass is 9.59. The van der Waals surface area contributed by atoms with E-state index in [1.165, 1.54) is 0 Å². The van der Waals surface area contributed by atoms with Crippen LogP contribution in [0.5, 0.6) is 0 Å². The van der Waals surface area contributed by atoms with Crippen LogP contribution in [0.3, 0.4) is 0 Å². The van der Waals surface area contributed by atoms with Crippen LogP contribution in [0, 0.1) is 28.1 Å². The molecule has 0 aromatic heterocycles. The van der Waals surface area contributed by atoms with Gasteiger partial charge in [-0.05, 0) is 29.1 Å². The molecular formula is C21H32O. The van der Waals surface area contributed by atoms with Crippen LogP contribution in [-0.4, -0.2) is 5.78 Å². The van der Waals surface area contributed by atoms with Crippen molar-refractivity contribution in [3.05, 3.63) is 35.5 Å². The van der Waals surface area contributed by atoms with Crippen molar-refractivity contribution in [1.29, 1.82) is 0 Å². The van der Waals surface area contributed by atoms with Crippen LogP contribution in [0.4, 0.5) is 0 Å². The van der Waals surface area contributed by atoms with Gasteiger partial charge in [0.1, 0.15) is 0 Å². The quantitative estimate of drug-likeness (QED) is 0.522. The second-order valence-electron chi connectivity index (χ2n) is 9.41. The van der Waals surface area contributed by atoms with Crippen LogP contribution in [-0.2, 0) is 4.79 Å². The number of ketones is 1. The van der Waals surface area contributed by atoms with Gasteiger partial charge in [0.15, 0.2) is 5.78 Å². The fourth-order valence-electron chi connectivity index (χ4n) is 3.70. The summed E-state index contributed by atoms with van der Waals surface area (Å²) in [7, 11) is 0. The zero-order chi connectivity index (χ0) is 16.9. The molecule has 122 valence electrons. The van der Waals surface area contributed by atoms with E-state index in [0.717, 1.165) is 17.6 Å². The van der Waals surface area contributed by atoms with Crippen LogP contribution in [0.15, 0.2) is 35.5 Å². The van der Waals surface area contributed by atoms with E-state index in [1.807, 2.05) is 0 Å². The summed E-state index contributed by atoms with van der Waals surface area (Å²) in [6.45, 7) is 17.5. The number of carbonyl (C=O) groups is 1. The molecule has 0 aromatic carbocycles. The summed E-state index contributed by atoms with van der Waals surface area (Å²) < 4.78 is 0. The molecular weight excluding hydrogens is 268 g/mol. The fraction of sp³-hybridized carbons (Fsp3) is 0.667. The molecule has 0 radical (unpaired) electrons. The number of Topliss-reactive ketones (excluding diaryl/α,β-unsaturated/α-hetero) is 1. The Labute approximate surface area is 136 Å². The van der Waals surface area contributed by atoms with E-state index in [4.69, 9.17) is 0 Å². The SMILES string of the molecule is CC1C=CC(C)C2(C=C(C(C)(C)C)C(=O)C(C(C)(C)C)=C2)C1. The molecule has 2 aliphatic rings. The molecule has 0 amide bonds. The van der Waals surface area contributed by atoms with Crippen molar-refractivity contribution in [3.63, 3.8) is 0 Å². The number of carbonyl (C=O) groups excluding carboxylic acids is 1. The zero-order valence-electron chi connectivity index (χ0n) is 15.6. The Morgan fingerprint density at radius 3 is 1.77 bits per heavy atom. The lowest BCUT2D eigenvalue weighted by molar-refractivity contribution is -0.114. The van der Waals surface area contributed by atoms with Gasteiger partial charge in [-0.2, -0.15) is 0 Å². The number of hydrogen-bond donors (Lipinski definition) is 0. The summed E-state index contributed by atoms with van der Waals surface area (Å²) in [4.78, 5) is 13.1. The van der Waals surface area contributed by atoms with Gasteiger partial charge < -0.3 is 0 Å². The summed E-state index contributed by atoms with van der Waals surface area (Å²) in [5, 5.41) is 0. The van der Waals surface area contributed by atoms with Gasteiger partial charge in [0.05, 0.1) is 0 Å². The molecule has 0 fully saturated rings. The molecule has 0 saturated carbocycles. The van der Waals surface area contributed by atoms with Gasteiger partial charge in [-0.25, -0.2) is 0 Å². The van der Waals surface area contributed by atoms with Crippen molar-refractivity contribution in [2.45, 2.75) is 61.8 Å². The van der Waals surface area contributed by atoms with Crippen LogP contribution in [0.2, 0.25) is 0 Å². The van der Waals surface area contributed by atoms with Gasteiger partial charge in [0, 0.05) is 16.6 Å². The zero-order valence-corrected chi connectivity index (χ0v) is 15.6. The average Bonchev–Trinajstić information content (AvgIpc) is 2.34. The molecule has 0 saturated heterocycles. The highest BCUT2D eigenvalue weighted by molar-refractivity contribution is 6.11. The summed E-state index contributed by atoms with van der Waals surface area (Å²) in [5.41, 5.74) is 1.76. The molecule has 22 heavy (non-hydrogen) atoms. The second-order valence-corrected chi connectivity index (χ2v) is 9.41. The van der Waals surface area contributed by atoms with E-state index < -0.39 is 0 Å². The maximum absolute atomic E-state index is 13.1. The lowest BCUT2D eigenvalue weighted by Gasteiger charge is -2.44. The highest BCUT2D eigenvalue weighted by Gasteiger charge is 2.44. The smallest absolute Gasteiger partial charge is 0.185 e. The monoisotopic (exact) mass is 300 g/mol. The highest BCUT2D eigenvalue weighted by atomic mass is 16.1. The van der Waals surface area contributed by atoms with E-state index >= 15 is 0 Å². The van der Waals surface area contributed by atoms with Gasteiger partial charge in [0.25, 0.3) is 0 Å². The molecule has 2 aliphatic carbocycles. The summed E-state index contributed by atoms with van der Waals surface area (Å²) in [6.07, 6.45) is 10.3. The third-order valence-electron chi connectivity index (χ3n) is 5.18. The van der Waals surface area contributed by atoms with E-state index in [0.29, 0.717) is 11.8 Å². The van der Waals surface area contributed by atoms with E-state index in [-0.39, 0.29) is 22.0 Å². The van der Waals surface area contributed by atoms with Crippen molar-refractivity contribution in [3.8, 4) is 0 Å². The second kappa shape index (κ2) is 5.22. The predicted octanol–water partition coefficient (Wildman–Crippen LogP) is 5.73. The first-order valence-corrected chi connectivity index (χ1v) is 8.56. The Balaban J connectivity index is 2.66. The van der Waals surface area contributed by atoms with E-state index in [2.05, 4.69) is 79.7 Å². The third-order valence-corrected chi connectivity index (χ3v) is 5.18. The molecule has 0 aromatic rings. The maximum Gasteiger partial charge on any atom is 0.185 e. The average molecular weight is 300 g/mol. The maximum atomic E-state index is 13.1. The molecule has 0 heterocycles. The summed E-state index contributed by atoms with van der Waals surface area (Å²) in [6, 6.07) is 0. The topological polar surface area (TPSA) is 17.1 Å². The standard InChI is InChI=1S/C21H32O/c1-14-9-10-15(2)21(11-14)12-16(19(3,4)5)18(22)17(13-21)20(6,7)8/h9-10,12-15H,11H2,1-8H3. The normalized spacial score (nSPS) is 28.6. The van der Waals surface area contributed by atoms with E-state index in [9.17, 15) is 4.79 Å². The van der Waals surface area contributed by atoms with Crippen LogP contribution in [0.1, 0.15) is 61.8 Å². The van der Waals surface area contributed by atoms with Crippen LogP contribution < -0.4 is 0 Å². The van der Waals surface area contributed by atoms with Crippen molar-refractivity contribution in [1.82, 2.24) is 0 Å². The van der Waals surface area contributed by atoms with Crippen LogP contribution >= 0.6 is 0 Å². The lowest BCUT2D eigenvalue weighted by Crippen LogP contribution is -2.38. The van der Waals surface area contributed by atoms with Gasteiger partial charge in [0.2, 0.25) is 0 Å². The largest absolute Gasteiger partial charge is 0.289 e. The fourth-order valence-corrected chi connectivity index (χ4v) is 3.70. The first-order chi connectivity index (χ1) is 9.87. The molecule has 2 atom stereocenters. The Morgan fingerprint density at radius 2 is 1.36 bits per heavy atom. The summed E-state index contributed by atoms with van der Waals surface area (Å²) in [5.74, 6) is 1.24. The molecule has 2 rings (SSSR count). The first kappa shape index (κ1) is 17.2. The first-order valence-electron chi connectivity index (χ1n) is 8.56. The number of rotatable bonds is 0.